The smallest absolute Gasteiger partial charge is 0.258 e. The van der Waals surface area contributed by atoms with Crippen LogP contribution in [0.2, 0.25) is 0 Å². The maximum absolute atomic E-state index is 13.1. The molecule has 0 saturated heterocycles. The number of rotatable bonds is 2. The lowest BCUT2D eigenvalue weighted by molar-refractivity contribution is 0.303. The van der Waals surface area contributed by atoms with Gasteiger partial charge in [0.2, 0.25) is 0 Å². The van der Waals surface area contributed by atoms with E-state index in [1.54, 1.807) is 12.1 Å². The molecule has 18 heavy (non-hydrogen) atoms. The van der Waals surface area contributed by atoms with Gasteiger partial charge in [0.25, 0.3) is 5.89 Å². The Hall–Kier alpha value is -1.75. The van der Waals surface area contributed by atoms with Crippen LogP contribution in [0.1, 0.15) is 32.6 Å². The first-order chi connectivity index (χ1) is 8.38. The standard InChI is InChI=1S/C13H16FN3O/c1-13(2,3)10(15)11-16-12(18-17-11)8-5-4-6-9(14)7-8/h4-7,10H,15H2,1-3H3. The zero-order chi connectivity index (χ0) is 13.3. The van der Waals surface area contributed by atoms with E-state index >= 15 is 0 Å². The van der Waals surface area contributed by atoms with Gasteiger partial charge >= 0.3 is 0 Å². The SMILES string of the molecule is CC(C)(C)C(N)c1noc(-c2cccc(F)c2)n1. The molecule has 0 saturated carbocycles. The molecule has 2 aromatic rings. The lowest BCUT2D eigenvalue weighted by Crippen LogP contribution is -2.27. The van der Waals surface area contributed by atoms with Gasteiger partial charge in [-0.25, -0.2) is 4.39 Å². The Morgan fingerprint density at radius 1 is 1.33 bits per heavy atom. The highest BCUT2D eigenvalue weighted by atomic mass is 19.1. The van der Waals surface area contributed by atoms with Gasteiger partial charge in [-0.1, -0.05) is 32.0 Å². The summed E-state index contributed by atoms with van der Waals surface area (Å²) in [5.74, 6) is 0.373. The fourth-order valence-electron chi connectivity index (χ4n) is 1.49. The monoisotopic (exact) mass is 249 g/mol. The third kappa shape index (κ3) is 2.56. The molecule has 1 heterocycles. The Morgan fingerprint density at radius 2 is 2.06 bits per heavy atom. The summed E-state index contributed by atoms with van der Waals surface area (Å²) in [7, 11) is 0. The molecular formula is C13H16FN3O. The Bertz CT molecular complexity index is 545. The Kier molecular flexibility index (Phi) is 3.17. The summed E-state index contributed by atoms with van der Waals surface area (Å²) >= 11 is 0. The molecule has 4 nitrogen and oxygen atoms in total. The number of benzene rings is 1. The van der Waals surface area contributed by atoms with Crippen molar-refractivity contribution in [2.75, 3.05) is 0 Å². The van der Waals surface area contributed by atoms with Crippen molar-refractivity contribution in [1.82, 2.24) is 10.1 Å². The molecule has 96 valence electrons. The van der Waals surface area contributed by atoms with Crippen molar-refractivity contribution in [3.63, 3.8) is 0 Å². The van der Waals surface area contributed by atoms with Crippen LogP contribution in [0.25, 0.3) is 11.5 Å². The number of aromatic nitrogens is 2. The van der Waals surface area contributed by atoms with E-state index in [-0.39, 0.29) is 23.2 Å². The van der Waals surface area contributed by atoms with Gasteiger partial charge in [0.05, 0.1) is 6.04 Å². The first kappa shape index (κ1) is 12.7. The maximum Gasteiger partial charge on any atom is 0.258 e. The van der Waals surface area contributed by atoms with E-state index in [0.29, 0.717) is 11.4 Å². The van der Waals surface area contributed by atoms with Gasteiger partial charge in [-0.3, -0.25) is 0 Å². The largest absolute Gasteiger partial charge is 0.334 e. The summed E-state index contributed by atoms with van der Waals surface area (Å²) in [4.78, 5) is 4.22. The average Bonchev–Trinajstić information content (AvgIpc) is 2.75. The minimum absolute atomic E-state index is 0.164. The minimum atomic E-state index is -0.340. The molecule has 0 radical (unpaired) electrons. The number of hydrogen-bond donors (Lipinski definition) is 1. The molecule has 0 fully saturated rings. The second kappa shape index (κ2) is 4.49. The maximum atomic E-state index is 13.1. The lowest BCUT2D eigenvalue weighted by Gasteiger charge is -2.23. The van der Waals surface area contributed by atoms with Gasteiger partial charge in [0, 0.05) is 5.56 Å². The Labute approximate surface area is 105 Å². The average molecular weight is 249 g/mol. The van der Waals surface area contributed by atoms with Gasteiger partial charge in [0.15, 0.2) is 5.82 Å². The Morgan fingerprint density at radius 3 is 2.67 bits per heavy atom. The van der Waals surface area contributed by atoms with Gasteiger partial charge in [0.1, 0.15) is 5.82 Å². The topological polar surface area (TPSA) is 64.9 Å². The highest BCUT2D eigenvalue weighted by Gasteiger charge is 2.27. The molecule has 0 amide bonds. The van der Waals surface area contributed by atoms with Gasteiger partial charge < -0.3 is 10.3 Å². The summed E-state index contributed by atoms with van der Waals surface area (Å²) in [6.45, 7) is 5.99. The minimum Gasteiger partial charge on any atom is -0.334 e. The van der Waals surface area contributed by atoms with Crippen LogP contribution in [0.15, 0.2) is 28.8 Å². The molecule has 0 aliphatic rings. The molecule has 1 unspecified atom stereocenters. The predicted molar refractivity (Wildman–Crippen MR) is 66.1 cm³/mol. The molecule has 0 aliphatic carbocycles. The zero-order valence-corrected chi connectivity index (χ0v) is 10.6. The van der Waals surface area contributed by atoms with Crippen molar-refractivity contribution in [1.29, 1.82) is 0 Å². The fraction of sp³-hybridized carbons (Fsp3) is 0.385. The van der Waals surface area contributed by atoms with Crippen LogP contribution in [0.3, 0.4) is 0 Å². The quantitative estimate of drug-likeness (QED) is 0.888. The van der Waals surface area contributed by atoms with Crippen molar-refractivity contribution < 1.29 is 8.91 Å². The highest BCUT2D eigenvalue weighted by Crippen LogP contribution is 2.29. The van der Waals surface area contributed by atoms with Crippen molar-refractivity contribution in [3.8, 4) is 11.5 Å². The molecule has 0 spiro atoms. The summed E-state index contributed by atoms with van der Waals surface area (Å²) in [5.41, 5.74) is 6.42. The van der Waals surface area contributed by atoms with E-state index < -0.39 is 0 Å². The highest BCUT2D eigenvalue weighted by molar-refractivity contribution is 5.52. The van der Waals surface area contributed by atoms with Gasteiger partial charge in [-0.05, 0) is 23.6 Å². The lowest BCUT2D eigenvalue weighted by atomic mass is 9.87. The number of hydrogen-bond acceptors (Lipinski definition) is 4. The van der Waals surface area contributed by atoms with Crippen molar-refractivity contribution in [3.05, 3.63) is 35.9 Å². The van der Waals surface area contributed by atoms with Crippen LogP contribution < -0.4 is 5.73 Å². The van der Waals surface area contributed by atoms with E-state index in [1.165, 1.54) is 12.1 Å². The predicted octanol–water partition coefficient (Wildman–Crippen LogP) is 2.92. The molecule has 2 N–H and O–H groups in total. The second-order valence-corrected chi connectivity index (χ2v) is 5.31. The second-order valence-electron chi connectivity index (χ2n) is 5.31. The third-order valence-electron chi connectivity index (χ3n) is 2.72. The third-order valence-corrected chi connectivity index (χ3v) is 2.72. The number of halogens is 1. The molecule has 5 heteroatoms. The van der Waals surface area contributed by atoms with Crippen molar-refractivity contribution >= 4 is 0 Å². The van der Waals surface area contributed by atoms with E-state index in [4.69, 9.17) is 10.3 Å². The van der Waals surface area contributed by atoms with Crippen molar-refractivity contribution in [2.45, 2.75) is 26.8 Å². The van der Waals surface area contributed by atoms with E-state index in [9.17, 15) is 4.39 Å². The normalized spacial score (nSPS) is 13.6. The molecule has 0 aliphatic heterocycles. The first-order valence-electron chi connectivity index (χ1n) is 5.73. The van der Waals surface area contributed by atoms with Crippen LogP contribution >= 0.6 is 0 Å². The van der Waals surface area contributed by atoms with Crippen LogP contribution in [0.5, 0.6) is 0 Å². The van der Waals surface area contributed by atoms with Gasteiger partial charge in [-0.2, -0.15) is 4.98 Å². The van der Waals surface area contributed by atoms with Crippen LogP contribution in [0, 0.1) is 11.2 Å². The van der Waals surface area contributed by atoms with E-state index in [0.717, 1.165) is 0 Å². The zero-order valence-electron chi connectivity index (χ0n) is 10.6. The van der Waals surface area contributed by atoms with Crippen LogP contribution in [-0.2, 0) is 0 Å². The molecule has 2 rings (SSSR count). The van der Waals surface area contributed by atoms with Gasteiger partial charge in [-0.15, -0.1) is 0 Å². The fourth-order valence-corrected chi connectivity index (χ4v) is 1.49. The summed E-state index contributed by atoms with van der Waals surface area (Å²) in [6, 6.07) is 5.69. The van der Waals surface area contributed by atoms with E-state index in [2.05, 4.69) is 10.1 Å². The first-order valence-corrected chi connectivity index (χ1v) is 5.73. The molecule has 1 atom stereocenters. The number of nitrogens with zero attached hydrogens (tertiary/aromatic N) is 2. The molecule has 1 aromatic heterocycles. The summed E-state index contributed by atoms with van der Waals surface area (Å²) < 4.78 is 18.2. The summed E-state index contributed by atoms with van der Waals surface area (Å²) in [6.07, 6.45) is 0. The Balaban J connectivity index is 2.31. The molecule has 0 bridgehead atoms. The summed E-state index contributed by atoms with van der Waals surface area (Å²) in [5, 5.41) is 3.86. The van der Waals surface area contributed by atoms with Crippen molar-refractivity contribution in [2.24, 2.45) is 11.1 Å². The van der Waals surface area contributed by atoms with E-state index in [1.807, 2.05) is 20.8 Å². The van der Waals surface area contributed by atoms with Crippen LogP contribution in [0.4, 0.5) is 4.39 Å². The molecular weight excluding hydrogens is 233 g/mol. The number of nitrogens with two attached hydrogens (primary N) is 1. The van der Waals surface area contributed by atoms with Crippen LogP contribution in [-0.4, -0.2) is 10.1 Å². The molecule has 1 aromatic carbocycles.